The molecule has 0 spiro atoms. The van der Waals surface area contributed by atoms with Crippen LogP contribution in [0.5, 0.6) is 5.75 Å². The van der Waals surface area contributed by atoms with Crippen molar-refractivity contribution in [2.24, 2.45) is 0 Å². The van der Waals surface area contributed by atoms with Crippen LogP contribution in [-0.2, 0) is 6.67 Å². The highest BCUT2D eigenvalue weighted by molar-refractivity contribution is 5.97. The molecule has 1 aromatic heterocycles. The van der Waals surface area contributed by atoms with E-state index < -0.39 is 0 Å². The Hall–Kier alpha value is -3.32. The number of carbonyl (C=O) groups is 1. The Morgan fingerprint density at radius 2 is 1.73 bits per heavy atom. The van der Waals surface area contributed by atoms with Crippen molar-refractivity contribution in [2.45, 2.75) is 6.67 Å². The molecule has 7 nitrogen and oxygen atoms in total. The molecule has 0 unspecified atom stereocenters. The standard InChI is InChI=1S/C23H25N5O2/c1-25-11-13-26(14-12-25)23(29)28-16-27-21(19-5-3-4-6-20(19)28)15-24-22(27)17-7-9-18(30-2)10-8-17/h3-10,15H,11-14,16H2,1-2H3. The molecule has 2 aliphatic heterocycles. The number of fused-ring (bicyclic) bond motifs is 3. The molecule has 3 heterocycles. The zero-order valence-corrected chi connectivity index (χ0v) is 17.3. The molecule has 5 rings (SSSR count). The van der Waals surface area contributed by atoms with Gasteiger partial charge >= 0.3 is 6.03 Å². The number of anilines is 1. The molecule has 7 heteroatoms. The molecule has 0 atom stereocenters. The molecule has 0 bridgehead atoms. The van der Waals surface area contributed by atoms with Crippen LogP contribution in [0.4, 0.5) is 10.5 Å². The fourth-order valence-corrected chi connectivity index (χ4v) is 4.18. The first-order valence-corrected chi connectivity index (χ1v) is 10.2. The molecule has 0 aliphatic carbocycles. The van der Waals surface area contributed by atoms with Crippen LogP contribution in [0.2, 0.25) is 0 Å². The fourth-order valence-electron chi connectivity index (χ4n) is 4.18. The Labute approximate surface area is 176 Å². The molecule has 2 amide bonds. The van der Waals surface area contributed by atoms with Crippen LogP contribution in [0.3, 0.4) is 0 Å². The summed E-state index contributed by atoms with van der Waals surface area (Å²) in [6.45, 7) is 3.73. The van der Waals surface area contributed by atoms with E-state index in [9.17, 15) is 4.79 Å². The van der Waals surface area contributed by atoms with Crippen molar-refractivity contribution in [3.8, 4) is 28.4 Å². The van der Waals surface area contributed by atoms with Gasteiger partial charge in [-0.15, -0.1) is 0 Å². The van der Waals surface area contributed by atoms with Gasteiger partial charge in [-0.25, -0.2) is 9.78 Å². The number of benzene rings is 2. The Balaban J connectivity index is 1.53. The highest BCUT2D eigenvalue weighted by atomic mass is 16.5. The van der Waals surface area contributed by atoms with Crippen molar-refractivity contribution in [1.29, 1.82) is 0 Å². The molecule has 2 aromatic carbocycles. The van der Waals surface area contributed by atoms with Crippen LogP contribution in [0.15, 0.2) is 54.7 Å². The highest BCUT2D eigenvalue weighted by Gasteiger charge is 2.32. The Morgan fingerprint density at radius 1 is 1.00 bits per heavy atom. The van der Waals surface area contributed by atoms with Gasteiger partial charge in [0, 0.05) is 37.3 Å². The summed E-state index contributed by atoms with van der Waals surface area (Å²) >= 11 is 0. The maximum Gasteiger partial charge on any atom is 0.326 e. The Kier molecular flexibility index (Phi) is 4.67. The molecule has 0 N–H and O–H groups in total. The summed E-state index contributed by atoms with van der Waals surface area (Å²) < 4.78 is 7.40. The number of para-hydroxylation sites is 1. The second-order valence-electron chi connectivity index (χ2n) is 7.78. The smallest absolute Gasteiger partial charge is 0.326 e. The number of ether oxygens (including phenoxy) is 1. The third-order valence-corrected chi connectivity index (χ3v) is 5.96. The second-order valence-corrected chi connectivity index (χ2v) is 7.78. The van der Waals surface area contributed by atoms with E-state index in [-0.39, 0.29) is 6.03 Å². The van der Waals surface area contributed by atoms with Gasteiger partial charge in [0.05, 0.1) is 24.7 Å². The number of rotatable bonds is 2. The second kappa shape index (κ2) is 7.50. The average Bonchev–Trinajstić information content (AvgIpc) is 3.23. The van der Waals surface area contributed by atoms with Crippen LogP contribution in [-0.4, -0.2) is 65.7 Å². The van der Waals surface area contributed by atoms with Crippen LogP contribution < -0.4 is 9.64 Å². The Morgan fingerprint density at radius 3 is 2.47 bits per heavy atom. The van der Waals surface area contributed by atoms with Crippen molar-refractivity contribution in [3.63, 3.8) is 0 Å². The first-order chi connectivity index (χ1) is 14.7. The number of likely N-dealkylation sites (N-methyl/N-ethyl adjacent to an activating group) is 1. The van der Waals surface area contributed by atoms with E-state index in [0.29, 0.717) is 6.67 Å². The Bertz CT molecular complexity index is 1070. The highest BCUT2D eigenvalue weighted by Crippen LogP contribution is 2.39. The van der Waals surface area contributed by atoms with Crippen LogP contribution in [0.25, 0.3) is 22.6 Å². The molecule has 1 fully saturated rings. The minimum atomic E-state index is 0.0515. The lowest BCUT2D eigenvalue weighted by Crippen LogP contribution is -2.53. The molecule has 154 valence electrons. The van der Waals surface area contributed by atoms with Gasteiger partial charge in [0.1, 0.15) is 18.2 Å². The monoisotopic (exact) mass is 403 g/mol. The first kappa shape index (κ1) is 18.7. The summed E-state index contributed by atoms with van der Waals surface area (Å²) in [6, 6.07) is 16.0. The fraction of sp³-hybridized carbons (Fsp3) is 0.304. The van der Waals surface area contributed by atoms with Crippen molar-refractivity contribution in [3.05, 3.63) is 54.7 Å². The third-order valence-electron chi connectivity index (χ3n) is 5.96. The lowest BCUT2D eigenvalue weighted by molar-refractivity contribution is 0.158. The number of piperazine rings is 1. The van der Waals surface area contributed by atoms with Gasteiger partial charge in [0.2, 0.25) is 0 Å². The zero-order valence-electron chi connectivity index (χ0n) is 17.3. The quantitative estimate of drug-likeness (QED) is 0.658. The van der Waals surface area contributed by atoms with Gasteiger partial charge in [0.25, 0.3) is 0 Å². The SMILES string of the molecule is COc1ccc(-c2ncc3n2CN(C(=O)N2CCN(C)CC2)c2ccccc2-3)cc1. The van der Waals surface area contributed by atoms with E-state index >= 15 is 0 Å². The number of urea groups is 1. The van der Waals surface area contributed by atoms with E-state index in [4.69, 9.17) is 9.72 Å². The topological polar surface area (TPSA) is 53.8 Å². The number of hydrogen-bond acceptors (Lipinski definition) is 4. The molecule has 2 aliphatic rings. The molecule has 0 saturated carbocycles. The van der Waals surface area contributed by atoms with E-state index in [0.717, 1.165) is 60.3 Å². The summed E-state index contributed by atoms with van der Waals surface area (Å²) in [6.07, 6.45) is 1.90. The van der Waals surface area contributed by atoms with Crippen molar-refractivity contribution in [2.75, 3.05) is 45.2 Å². The molecular formula is C23H25N5O2. The average molecular weight is 403 g/mol. The zero-order chi connectivity index (χ0) is 20.7. The molecule has 0 radical (unpaired) electrons. The molecule has 30 heavy (non-hydrogen) atoms. The number of methoxy groups -OCH3 is 1. The normalized spacial score (nSPS) is 16.2. The number of imidazole rings is 1. The van der Waals surface area contributed by atoms with E-state index in [2.05, 4.69) is 22.6 Å². The lowest BCUT2D eigenvalue weighted by Gasteiger charge is -2.38. The van der Waals surface area contributed by atoms with Crippen molar-refractivity contribution < 1.29 is 9.53 Å². The van der Waals surface area contributed by atoms with Gasteiger partial charge in [-0.3, -0.25) is 4.90 Å². The van der Waals surface area contributed by atoms with Crippen LogP contribution in [0, 0.1) is 0 Å². The number of hydrogen-bond donors (Lipinski definition) is 0. The van der Waals surface area contributed by atoms with Crippen LogP contribution >= 0.6 is 0 Å². The summed E-state index contributed by atoms with van der Waals surface area (Å²) in [5.41, 5.74) is 3.99. The molecule has 1 saturated heterocycles. The third kappa shape index (κ3) is 3.11. The number of amides is 2. The van der Waals surface area contributed by atoms with Crippen LogP contribution in [0.1, 0.15) is 0 Å². The number of carbonyl (C=O) groups excluding carboxylic acids is 1. The van der Waals surface area contributed by atoms with Gasteiger partial charge in [0.15, 0.2) is 0 Å². The maximum atomic E-state index is 13.5. The van der Waals surface area contributed by atoms with Gasteiger partial charge in [-0.1, -0.05) is 18.2 Å². The summed E-state index contributed by atoms with van der Waals surface area (Å²) in [5.74, 6) is 1.65. The predicted molar refractivity (Wildman–Crippen MR) is 117 cm³/mol. The van der Waals surface area contributed by atoms with E-state index in [1.807, 2.05) is 58.5 Å². The largest absolute Gasteiger partial charge is 0.497 e. The minimum Gasteiger partial charge on any atom is -0.497 e. The summed E-state index contributed by atoms with van der Waals surface area (Å²) in [4.78, 5) is 24.3. The number of aromatic nitrogens is 2. The van der Waals surface area contributed by atoms with E-state index in [1.54, 1.807) is 7.11 Å². The van der Waals surface area contributed by atoms with Gasteiger partial charge in [-0.05, 0) is 37.4 Å². The molecule has 3 aromatic rings. The molecular weight excluding hydrogens is 378 g/mol. The van der Waals surface area contributed by atoms with Gasteiger partial charge < -0.3 is 19.1 Å². The minimum absolute atomic E-state index is 0.0515. The summed E-state index contributed by atoms with van der Waals surface area (Å²) in [7, 11) is 3.75. The maximum absolute atomic E-state index is 13.5. The summed E-state index contributed by atoms with van der Waals surface area (Å²) in [5, 5.41) is 0. The van der Waals surface area contributed by atoms with E-state index in [1.165, 1.54) is 0 Å². The van der Waals surface area contributed by atoms with Gasteiger partial charge in [-0.2, -0.15) is 0 Å². The van der Waals surface area contributed by atoms with Crippen molar-refractivity contribution in [1.82, 2.24) is 19.4 Å². The van der Waals surface area contributed by atoms with Crippen molar-refractivity contribution >= 4 is 11.7 Å². The number of nitrogens with zero attached hydrogens (tertiary/aromatic N) is 5. The predicted octanol–water partition coefficient (Wildman–Crippen LogP) is 3.37. The first-order valence-electron chi connectivity index (χ1n) is 10.2. The lowest BCUT2D eigenvalue weighted by atomic mass is 10.1.